The van der Waals surface area contributed by atoms with E-state index in [0.717, 1.165) is 6.08 Å². The Bertz CT molecular complexity index is 490. The van der Waals surface area contributed by atoms with E-state index in [2.05, 4.69) is 16.0 Å². The van der Waals surface area contributed by atoms with Gasteiger partial charge < -0.3 is 14.8 Å². The lowest BCUT2D eigenvalue weighted by atomic mass is 9.92. The van der Waals surface area contributed by atoms with Crippen LogP contribution < -0.4 is 5.32 Å². The Morgan fingerprint density at radius 2 is 2.25 bits per heavy atom. The number of nitrogens with one attached hydrogen (secondary N) is 1. The Morgan fingerprint density at radius 1 is 1.55 bits per heavy atom. The van der Waals surface area contributed by atoms with Crippen molar-refractivity contribution in [3.05, 3.63) is 23.7 Å². The van der Waals surface area contributed by atoms with Crippen LogP contribution in [0.4, 0.5) is 4.39 Å². The second-order valence-electron chi connectivity index (χ2n) is 4.22. The molecule has 0 aromatic rings. The molecule has 6 heteroatoms. The Hall–Kier alpha value is -2.29. The number of halogens is 1. The number of hydrogen-bond acceptors (Lipinski definition) is 4. The molecule has 1 rings (SSSR count). The van der Waals surface area contributed by atoms with Crippen molar-refractivity contribution >= 4 is 11.9 Å². The normalized spacial score (nSPS) is 23.0. The van der Waals surface area contributed by atoms with Crippen molar-refractivity contribution in [2.75, 3.05) is 20.8 Å². The van der Waals surface area contributed by atoms with Gasteiger partial charge in [0.2, 0.25) is 5.91 Å². The van der Waals surface area contributed by atoms with Gasteiger partial charge in [0.05, 0.1) is 14.2 Å². The molecule has 1 N–H and O–H groups in total. The second-order valence-corrected chi connectivity index (χ2v) is 4.22. The fraction of sp³-hybridized carbons (Fsp3) is 0.429. The van der Waals surface area contributed by atoms with Crippen LogP contribution in [-0.2, 0) is 19.1 Å². The van der Waals surface area contributed by atoms with Crippen LogP contribution in [0.15, 0.2) is 23.7 Å². The molecule has 108 valence electrons. The van der Waals surface area contributed by atoms with E-state index in [1.165, 1.54) is 20.3 Å². The highest BCUT2D eigenvalue weighted by Crippen LogP contribution is 2.27. The van der Waals surface area contributed by atoms with Crippen LogP contribution >= 0.6 is 0 Å². The molecule has 1 aliphatic heterocycles. The summed E-state index contributed by atoms with van der Waals surface area (Å²) < 4.78 is 23.3. The molecular formula is C14H16FNO4. The summed E-state index contributed by atoms with van der Waals surface area (Å²) in [5.74, 6) is -0.693. The van der Waals surface area contributed by atoms with Crippen LogP contribution in [0.5, 0.6) is 0 Å². The molecule has 0 saturated carbocycles. The molecule has 0 radical (unpaired) electrons. The Labute approximate surface area is 116 Å². The van der Waals surface area contributed by atoms with Gasteiger partial charge >= 0.3 is 5.97 Å². The van der Waals surface area contributed by atoms with E-state index in [1.54, 1.807) is 0 Å². The van der Waals surface area contributed by atoms with E-state index < -0.39 is 29.5 Å². The molecule has 1 fully saturated rings. The van der Waals surface area contributed by atoms with Gasteiger partial charge in [-0.15, -0.1) is 6.42 Å². The van der Waals surface area contributed by atoms with Gasteiger partial charge in [-0.2, -0.15) is 0 Å². The third-order valence-corrected chi connectivity index (χ3v) is 2.96. The van der Waals surface area contributed by atoms with Crippen LogP contribution in [0, 0.1) is 24.2 Å². The molecule has 0 unspecified atom stereocenters. The topological polar surface area (TPSA) is 64.6 Å². The summed E-state index contributed by atoms with van der Waals surface area (Å²) in [6.07, 6.45) is 7.40. The highest BCUT2D eigenvalue weighted by Gasteiger charge is 2.41. The van der Waals surface area contributed by atoms with Gasteiger partial charge in [0, 0.05) is 31.0 Å². The molecule has 5 nitrogen and oxygen atoms in total. The zero-order valence-electron chi connectivity index (χ0n) is 11.3. The minimum atomic E-state index is -0.984. The molecule has 0 aromatic heterocycles. The van der Waals surface area contributed by atoms with Crippen LogP contribution in [0.3, 0.4) is 0 Å². The van der Waals surface area contributed by atoms with Crippen molar-refractivity contribution in [2.45, 2.75) is 6.42 Å². The monoisotopic (exact) mass is 281 g/mol. The molecule has 1 saturated heterocycles. The fourth-order valence-corrected chi connectivity index (χ4v) is 2.00. The smallest absolute Gasteiger partial charge is 0.318 e. The first-order chi connectivity index (χ1) is 9.53. The Balaban J connectivity index is 2.79. The predicted molar refractivity (Wildman–Crippen MR) is 69.7 cm³/mol. The number of ether oxygens (including phenoxy) is 2. The number of rotatable bonds is 5. The molecular weight excluding hydrogens is 265 g/mol. The van der Waals surface area contributed by atoms with Gasteiger partial charge in [-0.1, -0.05) is 5.92 Å². The van der Waals surface area contributed by atoms with Crippen molar-refractivity contribution in [1.82, 2.24) is 5.32 Å². The van der Waals surface area contributed by atoms with Crippen LogP contribution in [0.2, 0.25) is 0 Å². The van der Waals surface area contributed by atoms with Crippen LogP contribution in [0.25, 0.3) is 0 Å². The molecule has 20 heavy (non-hydrogen) atoms. The molecule has 0 spiro atoms. The van der Waals surface area contributed by atoms with Crippen LogP contribution in [-0.4, -0.2) is 32.6 Å². The average molecular weight is 281 g/mol. The summed E-state index contributed by atoms with van der Waals surface area (Å²) in [7, 11) is 2.56. The molecule has 2 atom stereocenters. The van der Waals surface area contributed by atoms with Gasteiger partial charge in [0.1, 0.15) is 17.5 Å². The van der Waals surface area contributed by atoms with Gasteiger partial charge in [-0.3, -0.25) is 9.59 Å². The Morgan fingerprint density at radius 3 is 2.80 bits per heavy atom. The maximum atomic E-state index is 13.9. The second kappa shape index (κ2) is 7.34. The maximum absolute atomic E-state index is 13.9. The minimum Gasteiger partial charge on any atom is -0.496 e. The van der Waals surface area contributed by atoms with E-state index in [1.807, 2.05) is 0 Å². The van der Waals surface area contributed by atoms with E-state index in [-0.39, 0.29) is 18.7 Å². The van der Waals surface area contributed by atoms with E-state index >= 15 is 0 Å². The van der Waals surface area contributed by atoms with E-state index in [4.69, 9.17) is 11.2 Å². The number of amides is 1. The lowest BCUT2D eigenvalue weighted by molar-refractivity contribution is -0.150. The minimum absolute atomic E-state index is 0.0796. The third kappa shape index (κ3) is 3.85. The van der Waals surface area contributed by atoms with E-state index in [0.29, 0.717) is 0 Å². The van der Waals surface area contributed by atoms with Crippen molar-refractivity contribution in [3.63, 3.8) is 0 Å². The largest absolute Gasteiger partial charge is 0.496 e. The Kier molecular flexibility index (Phi) is 5.78. The lowest BCUT2D eigenvalue weighted by Crippen LogP contribution is -2.28. The zero-order valence-corrected chi connectivity index (χ0v) is 11.3. The highest BCUT2D eigenvalue weighted by molar-refractivity contribution is 5.99. The SMILES string of the molecule is C#C/C=C(\C=C(\F)C[C@H]1CNC(=O)[C@H]1C(=O)OC)OC. The molecule has 1 heterocycles. The molecule has 1 amide bonds. The number of carbonyl (C=O) groups is 2. The van der Waals surface area contributed by atoms with Gasteiger partial charge in [0.25, 0.3) is 0 Å². The molecule has 0 bridgehead atoms. The molecule has 0 aromatic carbocycles. The summed E-state index contributed by atoms with van der Waals surface area (Å²) in [4.78, 5) is 23.0. The summed E-state index contributed by atoms with van der Waals surface area (Å²) >= 11 is 0. The predicted octanol–water partition coefficient (Wildman–Crippen LogP) is 0.929. The first-order valence-electron chi connectivity index (χ1n) is 5.95. The number of esters is 1. The molecule has 1 aliphatic rings. The van der Waals surface area contributed by atoms with Crippen molar-refractivity contribution in [3.8, 4) is 12.3 Å². The fourth-order valence-electron chi connectivity index (χ4n) is 2.00. The average Bonchev–Trinajstić information content (AvgIpc) is 2.78. The summed E-state index contributed by atoms with van der Waals surface area (Å²) in [5, 5.41) is 2.52. The number of allylic oxidation sites excluding steroid dienone is 3. The lowest BCUT2D eigenvalue weighted by Gasteiger charge is -2.13. The van der Waals surface area contributed by atoms with Crippen molar-refractivity contribution in [1.29, 1.82) is 0 Å². The quantitative estimate of drug-likeness (QED) is 0.268. The standard InChI is InChI=1S/C14H16FNO4/c1-4-5-11(19-2)7-10(15)6-9-8-16-13(17)12(9)14(18)20-3/h1,5,7,9,12H,6,8H2,2-3H3,(H,16,17)/b10-7+,11-5+/t9-,12-/m0/s1. The maximum Gasteiger partial charge on any atom is 0.318 e. The third-order valence-electron chi connectivity index (χ3n) is 2.96. The van der Waals surface area contributed by atoms with Crippen molar-refractivity contribution < 1.29 is 23.5 Å². The zero-order chi connectivity index (χ0) is 15.1. The van der Waals surface area contributed by atoms with E-state index in [9.17, 15) is 14.0 Å². The number of hydrogen-bond donors (Lipinski definition) is 1. The first kappa shape index (κ1) is 15.8. The number of methoxy groups -OCH3 is 2. The number of carbonyl (C=O) groups excluding carboxylic acids is 2. The van der Waals surface area contributed by atoms with Gasteiger partial charge in [0.15, 0.2) is 0 Å². The molecule has 0 aliphatic carbocycles. The van der Waals surface area contributed by atoms with Gasteiger partial charge in [-0.05, 0) is 0 Å². The first-order valence-corrected chi connectivity index (χ1v) is 5.95. The summed E-state index contributed by atoms with van der Waals surface area (Å²) in [5.41, 5.74) is 0. The van der Waals surface area contributed by atoms with Crippen molar-refractivity contribution in [2.24, 2.45) is 11.8 Å². The number of terminal acetylenes is 1. The highest BCUT2D eigenvalue weighted by atomic mass is 19.1. The van der Waals surface area contributed by atoms with Gasteiger partial charge in [-0.25, -0.2) is 4.39 Å². The van der Waals surface area contributed by atoms with Crippen LogP contribution in [0.1, 0.15) is 6.42 Å². The summed E-state index contributed by atoms with van der Waals surface area (Å²) in [6, 6.07) is 0. The summed E-state index contributed by atoms with van der Waals surface area (Å²) in [6.45, 7) is 0.223.